The molecule has 1 aliphatic carbocycles. The first-order chi connectivity index (χ1) is 8.97. The molecule has 0 spiro atoms. The summed E-state index contributed by atoms with van der Waals surface area (Å²) >= 11 is 5.77. The van der Waals surface area contributed by atoms with Crippen molar-refractivity contribution >= 4 is 31.3 Å². The van der Waals surface area contributed by atoms with E-state index in [0.29, 0.717) is 16.5 Å². The number of nitrogens with zero attached hydrogens (tertiary/aromatic N) is 4. The molecular formula is C10H8Cl2N4O2S. The lowest BCUT2D eigenvalue weighted by Crippen LogP contribution is -2.06. The maximum absolute atomic E-state index is 11.5. The molecule has 0 atom stereocenters. The van der Waals surface area contributed by atoms with Crippen molar-refractivity contribution in [3.63, 3.8) is 0 Å². The van der Waals surface area contributed by atoms with Gasteiger partial charge in [0.05, 0.1) is 5.02 Å². The molecule has 0 bridgehead atoms. The van der Waals surface area contributed by atoms with E-state index in [4.69, 9.17) is 22.3 Å². The standard InChI is InChI=1S/C10H8Cl2N4O2S/c11-6-1-4-8(13-5-6)9-14-15-10(19(12,17)18)16(9)7-2-3-7/h1,4-5,7H,2-3H2. The number of hydrogen-bond acceptors (Lipinski definition) is 5. The van der Waals surface area contributed by atoms with Gasteiger partial charge >= 0.3 is 0 Å². The largest absolute Gasteiger partial charge is 0.296 e. The van der Waals surface area contributed by atoms with Gasteiger partial charge in [0.1, 0.15) is 5.69 Å². The summed E-state index contributed by atoms with van der Waals surface area (Å²) in [6.45, 7) is 0. The second kappa shape index (κ2) is 4.43. The van der Waals surface area contributed by atoms with E-state index in [1.807, 2.05) is 0 Å². The molecule has 0 amide bonds. The minimum absolute atomic E-state index is 0.0611. The summed E-state index contributed by atoms with van der Waals surface area (Å²) in [7, 11) is 1.44. The maximum atomic E-state index is 11.5. The third kappa shape index (κ3) is 2.45. The highest BCUT2D eigenvalue weighted by atomic mass is 35.7. The van der Waals surface area contributed by atoms with Gasteiger partial charge in [0, 0.05) is 22.9 Å². The van der Waals surface area contributed by atoms with Gasteiger partial charge in [0.2, 0.25) is 0 Å². The van der Waals surface area contributed by atoms with Gasteiger partial charge in [-0.3, -0.25) is 9.55 Å². The molecule has 1 fully saturated rings. The van der Waals surface area contributed by atoms with E-state index < -0.39 is 9.05 Å². The smallest absolute Gasteiger partial charge is 0.292 e. The van der Waals surface area contributed by atoms with Gasteiger partial charge in [-0.05, 0) is 25.0 Å². The Morgan fingerprint density at radius 3 is 2.53 bits per heavy atom. The Balaban J connectivity index is 2.17. The fraction of sp³-hybridized carbons (Fsp3) is 0.300. The van der Waals surface area contributed by atoms with Gasteiger partial charge in [0.25, 0.3) is 14.2 Å². The van der Waals surface area contributed by atoms with E-state index in [2.05, 4.69) is 15.2 Å². The molecule has 3 rings (SSSR count). The lowest BCUT2D eigenvalue weighted by atomic mass is 10.3. The monoisotopic (exact) mass is 318 g/mol. The van der Waals surface area contributed by atoms with E-state index in [9.17, 15) is 8.42 Å². The van der Waals surface area contributed by atoms with Crippen molar-refractivity contribution < 1.29 is 8.42 Å². The zero-order valence-electron chi connectivity index (χ0n) is 9.49. The van der Waals surface area contributed by atoms with Crippen LogP contribution in [0.5, 0.6) is 0 Å². The van der Waals surface area contributed by atoms with Crippen LogP contribution in [-0.4, -0.2) is 28.2 Å². The minimum Gasteiger partial charge on any atom is -0.292 e. The summed E-state index contributed by atoms with van der Waals surface area (Å²) in [5.74, 6) is 0.387. The molecule has 0 N–H and O–H groups in total. The third-order valence-electron chi connectivity index (χ3n) is 2.75. The SMILES string of the molecule is O=S(=O)(Cl)c1nnc(-c2ccc(Cl)cn2)n1C1CC1. The van der Waals surface area contributed by atoms with Crippen LogP contribution in [0.4, 0.5) is 0 Å². The van der Waals surface area contributed by atoms with Crippen molar-refractivity contribution in [2.75, 3.05) is 0 Å². The van der Waals surface area contributed by atoms with Gasteiger partial charge in [-0.1, -0.05) is 11.6 Å². The Morgan fingerprint density at radius 1 is 1.26 bits per heavy atom. The van der Waals surface area contributed by atoms with Crippen molar-refractivity contribution in [2.24, 2.45) is 0 Å². The highest BCUT2D eigenvalue weighted by Crippen LogP contribution is 2.40. The summed E-state index contributed by atoms with van der Waals surface area (Å²) in [6, 6.07) is 3.38. The van der Waals surface area contributed by atoms with Crippen LogP contribution in [0.1, 0.15) is 18.9 Å². The molecule has 0 radical (unpaired) electrons. The number of hydrogen-bond donors (Lipinski definition) is 0. The van der Waals surface area contributed by atoms with E-state index in [1.165, 1.54) is 10.8 Å². The van der Waals surface area contributed by atoms with Gasteiger partial charge in [-0.25, -0.2) is 8.42 Å². The predicted molar refractivity (Wildman–Crippen MR) is 69.6 cm³/mol. The molecule has 9 heteroatoms. The zero-order chi connectivity index (χ0) is 13.6. The Kier molecular flexibility index (Phi) is 2.99. The fourth-order valence-electron chi connectivity index (χ4n) is 1.79. The van der Waals surface area contributed by atoms with E-state index in [1.54, 1.807) is 12.1 Å². The Hall–Kier alpha value is -1.18. The number of aromatic nitrogens is 4. The van der Waals surface area contributed by atoms with Crippen LogP contribution in [0.2, 0.25) is 5.02 Å². The van der Waals surface area contributed by atoms with Crippen molar-refractivity contribution in [1.29, 1.82) is 0 Å². The van der Waals surface area contributed by atoms with Gasteiger partial charge in [-0.2, -0.15) is 0 Å². The predicted octanol–water partition coefficient (Wildman–Crippen LogP) is 2.26. The number of rotatable bonds is 3. The summed E-state index contributed by atoms with van der Waals surface area (Å²) in [6.07, 6.45) is 3.22. The molecule has 0 aromatic carbocycles. The second-order valence-electron chi connectivity index (χ2n) is 4.21. The van der Waals surface area contributed by atoms with Crippen LogP contribution in [0.3, 0.4) is 0 Å². The molecule has 2 aromatic heterocycles. The maximum Gasteiger partial charge on any atom is 0.296 e. The molecule has 1 aliphatic rings. The Bertz CT molecular complexity index is 722. The quantitative estimate of drug-likeness (QED) is 0.811. The topological polar surface area (TPSA) is 77.7 Å². The first kappa shape index (κ1) is 12.8. The number of pyridine rings is 1. The highest BCUT2D eigenvalue weighted by molar-refractivity contribution is 8.13. The first-order valence-corrected chi connectivity index (χ1v) is 8.17. The molecular weight excluding hydrogens is 311 g/mol. The minimum atomic E-state index is -3.93. The molecule has 100 valence electrons. The first-order valence-electron chi connectivity index (χ1n) is 5.48. The molecule has 1 saturated carbocycles. The summed E-state index contributed by atoms with van der Waals surface area (Å²) in [4.78, 5) is 4.12. The van der Waals surface area contributed by atoms with Crippen molar-refractivity contribution in [1.82, 2.24) is 19.7 Å². The zero-order valence-corrected chi connectivity index (χ0v) is 11.8. The molecule has 0 aliphatic heterocycles. The summed E-state index contributed by atoms with van der Waals surface area (Å²) in [5.41, 5.74) is 0.510. The van der Waals surface area contributed by atoms with Crippen molar-refractivity contribution in [3.8, 4) is 11.5 Å². The van der Waals surface area contributed by atoms with Crippen LogP contribution in [0.15, 0.2) is 23.5 Å². The average molecular weight is 319 g/mol. The normalized spacial score (nSPS) is 15.7. The van der Waals surface area contributed by atoms with E-state index in [0.717, 1.165) is 12.8 Å². The number of halogens is 2. The summed E-state index contributed by atoms with van der Waals surface area (Å²) in [5, 5.41) is 7.81. The molecule has 6 nitrogen and oxygen atoms in total. The third-order valence-corrected chi connectivity index (χ3v) is 4.10. The molecule has 0 unspecified atom stereocenters. The fourth-order valence-corrected chi connectivity index (χ4v) is 2.82. The van der Waals surface area contributed by atoms with Gasteiger partial charge < -0.3 is 0 Å². The van der Waals surface area contributed by atoms with E-state index in [-0.39, 0.29) is 11.2 Å². The lowest BCUT2D eigenvalue weighted by Gasteiger charge is -2.06. The lowest BCUT2D eigenvalue weighted by molar-refractivity contribution is 0.579. The van der Waals surface area contributed by atoms with Crippen LogP contribution in [-0.2, 0) is 9.05 Å². The molecule has 2 aromatic rings. The second-order valence-corrected chi connectivity index (χ2v) is 7.10. The Labute approximate surface area is 118 Å². The van der Waals surface area contributed by atoms with Crippen LogP contribution in [0.25, 0.3) is 11.5 Å². The van der Waals surface area contributed by atoms with Crippen LogP contribution >= 0.6 is 22.3 Å². The van der Waals surface area contributed by atoms with Crippen LogP contribution < -0.4 is 0 Å². The molecule has 2 heterocycles. The van der Waals surface area contributed by atoms with Gasteiger partial charge in [0.15, 0.2) is 5.82 Å². The van der Waals surface area contributed by atoms with Crippen LogP contribution in [0, 0.1) is 0 Å². The van der Waals surface area contributed by atoms with Crippen molar-refractivity contribution in [3.05, 3.63) is 23.4 Å². The Morgan fingerprint density at radius 2 is 2.00 bits per heavy atom. The molecule has 0 saturated heterocycles. The highest BCUT2D eigenvalue weighted by Gasteiger charge is 2.34. The van der Waals surface area contributed by atoms with Gasteiger partial charge in [-0.15, -0.1) is 10.2 Å². The van der Waals surface area contributed by atoms with E-state index >= 15 is 0 Å². The average Bonchev–Trinajstić information content (AvgIpc) is 3.07. The molecule has 19 heavy (non-hydrogen) atoms. The van der Waals surface area contributed by atoms with Crippen molar-refractivity contribution in [2.45, 2.75) is 24.0 Å². The summed E-state index contributed by atoms with van der Waals surface area (Å²) < 4.78 is 24.5.